The van der Waals surface area contributed by atoms with E-state index in [9.17, 15) is 8.42 Å². The first kappa shape index (κ1) is 24.9. The number of hydrogen-bond acceptors (Lipinski definition) is 7. The molecule has 4 N–H and O–H groups in total. The van der Waals surface area contributed by atoms with Crippen LogP contribution in [0.4, 0.5) is 11.5 Å². The number of nitrogens with zero attached hydrogens (tertiary/aromatic N) is 4. The van der Waals surface area contributed by atoms with Gasteiger partial charge in [0.2, 0.25) is 10.0 Å². The summed E-state index contributed by atoms with van der Waals surface area (Å²) in [6.45, 7) is 3.21. The maximum absolute atomic E-state index is 12.9. The predicted octanol–water partition coefficient (Wildman–Crippen LogP) is 3.81. The maximum atomic E-state index is 12.9. The molecule has 5 rings (SSSR count). The molecule has 192 valence electrons. The van der Waals surface area contributed by atoms with E-state index in [0.29, 0.717) is 54.3 Å². The summed E-state index contributed by atoms with van der Waals surface area (Å²) in [6, 6.07) is 17.2. The monoisotopic (exact) mass is 518 g/mol. The van der Waals surface area contributed by atoms with Gasteiger partial charge < -0.3 is 19.9 Å². The second-order valence-corrected chi connectivity index (χ2v) is 10.6. The summed E-state index contributed by atoms with van der Waals surface area (Å²) in [6.07, 6.45) is 0.412. The number of pyridine rings is 1. The molecule has 0 aliphatic rings. The molecule has 2 heterocycles. The maximum Gasteiger partial charge on any atom is 0.238 e. The second-order valence-electron chi connectivity index (χ2n) is 9.14. The van der Waals surface area contributed by atoms with Crippen LogP contribution in [0, 0.1) is 0 Å². The highest BCUT2D eigenvalue weighted by atomic mass is 32.2. The van der Waals surface area contributed by atoms with Gasteiger partial charge in [0.05, 0.1) is 15.9 Å². The number of anilines is 2. The van der Waals surface area contributed by atoms with Crippen LogP contribution in [-0.2, 0) is 34.3 Å². The molecule has 0 spiro atoms. The van der Waals surface area contributed by atoms with Crippen molar-refractivity contribution in [3.63, 3.8) is 0 Å². The van der Waals surface area contributed by atoms with Gasteiger partial charge in [-0.2, -0.15) is 0 Å². The molecule has 0 amide bonds. The van der Waals surface area contributed by atoms with Gasteiger partial charge in [-0.1, -0.05) is 42.5 Å². The number of aryl methyl sites for hydroxylation is 2. The zero-order valence-electron chi connectivity index (χ0n) is 21.1. The van der Waals surface area contributed by atoms with Crippen molar-refractivity contribution in [3.05, 3.63) is 66.0 Å². The average molecular weight is 519 g/mol. The molecule has 0 aliphatic heterocycles. The number of ether oxygens (including phenoxy) is 1. The lowest BCUT2D eigenvalue weighted by atomic mass is 10.0. The summed E-state index contributed by atoms with van der Waals surface area (Å²) in [7, 11) is -0.150. The highest BCUT2D eigenvalue weighted by molar-refractivity contribution is 7.89. The molecule has 10 heteroatoms. The Morgan fingerprint density at radius 1 is 0.973 bits per heavy atom. The molecule has 0 saturated heterocycles. The Kier molecular flexibility index (Phi) is 6.49. The zero-order chi connectivity index (χ0) is 26.3. The minimum atomic E-state index is -4.00. The van der Waals surface area contributed by atoms with Crippen molar-refractivity contribution >= 4 is 54.2 Å². The van der Waals surface area contributed by atoms with Crippen molar-refractivity contribution < 1.29 is 13.2 Å². The zero-order valence-corrected chi connectivity index (χ0v) is 21.9. The Bertz CT molecular complexity index is 1740. The molecule has 37 heavy (non-hydrogen) atoms. The van der Waals surface area contributed by atoms with Gasteiger partial charge in [-0.3, -0.25) is 0 Å². The number of hydrogen-bond donors (Lipinski definition) is 2. The third-order valence-electron chi connectivity index (χ3n) is 6.57. The summed E-state index contributed by atoms with van der Waals surface area (Å²) in [4.78, 5) is 11.4. The van der Waals surface area contributed by atoms with E-state index in [1.165, 1.54) is 0 Å². The number of aromatic nitrogens is 3. The van der Waals surface area contributed by atoms with Crippen molar-refractivity contribution in [1.82, 2.24) is 14.5 Å². The topological polar surface area (TPSA) is 129 Å². The van der Waals surface area contributed by atoms with E-state index in [4.69, 9.17) is 20.6 Å². The van der Waals surface area contributed by atoms with Crippen molar-refractivity contribution in [3.8, 4) is 0 Å². The number of imidazole rings is 1. The van der Waals surface area contributed by atoms with Crippen LogP contribution in [-0.4, -0.2) is 43.7 Å². The van der Waals surface area contributed by atoms with Crippen LogP contribution in [0.5, 0.6) is 0 Å². The van der Waals surface area contributed by atoms with Crippen molar-refractivity contribution in [2.45, 2.75) is 31.4 Å². The number of nitrogen functional groups attached to an aromatic ring is 1. The fourth-order valence-electron chi connectivity index (χ4n) is 4.96. The number of fused-ring (bicyclic) bond motifs is 4. The van der Waals surface area contributed by atoms with Crippen molar-refractivity contribution in [1.29, 1.82) is 0 Å². The number of primary sulfonamides is 1. The van der Waals surface area contributed by atoms with Gasteiger partial charge in [0.1, 0.15) is 17.9 Å². The van der Waals surface area contributed by atoms with Gasteiger partial charge in [-0.05, 0) is 31.0 Å². The van der Waals surface area contributed by atoms with Gasteiger partial charge in [0, 0.05) is 49.1 Å². The third kappa shape index (κ3) is 4.48. The van der Waals surface area contributed by atoms with Gasteiger partial charge in [0.25, 0.3) is 0 Å². The van der Waals surface area contributed by atoms with Crippen LogP contribution in [0.1, 0.15) is 18.3 Å². The molecule has 0 unspecified atom stereocenters. The van der Waals surface area contributed by atoms with Gasteiger partial charge >= 0.3 is 0 Å². The number of para-hydroxylation sites is 1. The summed E-state index contributed by atoms with van der Waals surface area (Å²) in [5.41, 5.74) is 10.1. The van der Waals surface area contributed by atoms with E-state index in [2.05, 4.69) is 9.55 Å². The highest BCUT2D eigenvalue weighted by Crippen LogP contribution is 2.34. The number of benzene rings is 3. The molecule has 0 radical (unpaired) electrons. The molecule has 0 atom stereocenters. The predicted molar refractivity (Wildman–Crippen MR) is 148 cm³/mol. The lowest BCUT2D eigenvalue weighted by molar-refractivity contribution is 0.126. The van der Waals surface area contributed by atoms with Crippen molar-refractivity contribution in [2.24, 2.45) is 5.14 Å². The van der Waals surface area contributed by atoms with Gasteiger partial charge in [-0.15, -0.1) is 0 Å². The molecule has 0 fully saturated rings. The minimum Gasteiger partial charge on any atom is -0.382 e. The number of rotatable bonds is 8. The fraction of sp³-hybridized carbons (Fsp3) is 0.259. The molecule has 5 aromatic rings. The smallest absolute Gasteiger partial charge is 0.238 e. The first-order chi connectivity index (χ1) is 17.7. The van der Waals surface area contributed by atoms with E-state index in [1.54, 1.807) is 6.07 Å². The summed E-state index contributed by atoms with van der Waals surface area (Å²) >= 11 is 0. The van der Waals surface area contributed by atoms with Crippen LogP contribution in [0.3, 0.4) is 0 Å². The van der Waals surface area contributed by atoms with E-state index < -0.39 is 10.0 Å². The highest BCUT2D eigenvalue weighted by Gasteiger charge is 2.22. The Balaban J connectivity index is 1.67. The average Bonchev–Trinajstić information content (AvgIpc) is 3.23. The van der Waals surface area contributed by atoms with Crippen LogP contribution in [0.25, 0.3) is 32.7 Å². The number of nitrogens with two attached hydrogens (primary N) is 2. The summed E-state index contributed by atoms with van der Waals surface area (Å²) < 4.78 is 33.5. The molecule has 9 nitrogen and oxygen atoms in total. The van der Waals surface area contributed by atoms with Gasteiger partial charge in [-0.25, -0.2) is 23.5 Å². The number of sulfonamides is 1. The quantitative estimate of drug-likeness (QED) is 0.319. The fourth-order valence-corrected chi connectivity index (χ4v) is 5.98. The van der Waals surface area contributed by atoms with Crippen molar-refractivity contribution in [2.75, 3.05) is 31.3 Å². The van der Waals surface area contributed by atoms with E-state index in [0.717, 1.165) is 27.5 Å². The Labute approximate surface area is 215 Å². The molecular formula is C27H30N6O3S. The summed E-state index contributed by atoms with van der Waals surface area (Å²) in [5, 5.41) is 8.13. The Morgan fingerprint density at radius 2 is 1.73 bits per heavy atom. The molecule has 0 aliphatic carbocycles. The molecule has 2 aromatic heterocycles. The standard InChI is InChI=1S/C27H30N6O3S/c1-4-36-16-23-31-24-25(20-8-5-6-10-21(20)30-27(24)28)33(23)15-14-17-12-13-18-19(26(17)37(29,34)35)9-7-11-22(18)32(2)3/h5-13H,4,14-16H2,1-3H3,(H2,28,30)(H2,29,34,35). The minimum absolute atomic E-state index is 0.149. The first-order valence-corrected chi connectivity index (χ1v) is 13.6. The Morgan fingerprint density at radius 3 is 2.46 bits per heavy atom. The molecule has 0 saturated carbocycles. The van der Waals surface area contributed by atoms with Crippen LogP contribution < -0.4 is 15.8 Å². The molecule has 0 bridgehead atoms. The van der Waals surface area contributed by atoms with E-state index in [1.807, 2.05) is 74.4 Å². The van der Waals surface area contributed by atoms with E-state index >= 15 is 0 Å². The van der Waals surface area contributed by atoms with Crippen LogP contribution in [0.2, 0.25) is 0 Å². The Hall–Kier alpha value is -3.73. The first-order valence-electron chi connectivity index (χ1n) is 12.1. The molecule has 3 aromatic carbocycles. The van der Waals surface area contributed by atoms with Crippen LogP contribution in [0.15, 0.2) is 59.5 Å². The molecular weight excluding hydrogens is 488 g/mol. The third-order valence-corrected chi connectivity index (χ3v) is 7.62. The SMILES string of the molecule is CCOCc1nc2c(N)nc3ccccc3c2n1CCc1ccc2c(N(C)C)cccc2c1S(N)(=O)=O. The normalized spacial score (nSPS) is 12.1. The van der Waals surface area contributed by atoms with Gasteiger partial charge in [0.15, 0.2) is 5.82 Å². The lowest BCUT2D eigenvalue weighted by Crippen LogP contribution is -2.17. The van der Waals surface area contributed by atoms with E-state index in [-0.39, 0.29) is 4.90 Å². The second kappa shape index (κ2) is 9.62. The lowest BCUT2D eigenvalue weighted by Gasteiger charge is -2.19. The van der Waals surface area contributed by atoms with Crippen LogP contribution >= 0.6 is 0 Å². The largest absolute Gasteiger partial charge is 0.382 e. The summed E-state index contributed by atoms with van der Waals surface area (Å²) in [5.74, 6) is 1.05.